The molecule has 0 atom stereocenters. The molecule has 0 N–H and O–H groups in total. The Bertz CT molecular complexity index is 3130. The van der Waals surface area contributed by atoms with Crippen LogP contribution in [0.2, 0.25) is 0 Å². The Morgan fingerprint density at radius 3 is 1.00 bits per heavy atom. The first-order valence-corrected chi connectivity index (χ1v) is 21.7. The van der Waals surface area contributed by atoms with E-state index in [9.17, 15) is 0 Å². The van der Waals surface area contributed by atoms with E-state index in [-0.39, 0.29) is 0 Å². The molecule has 0 aliphatic rings. The normalized spacial score (nSPS) is 11.2. The maximum Gasteiger partial charge on any atom is 0.115 e. The zero-order valence-electron chi connectivity index (χ0n) is 36.0. The zero-order valence-corrected chi connectivity index (χ0v) is 36.0. The third-order valence-electron chi connectivity index (χ3n) is 12.1. The van der Waals surface area contributed by atoms with Gasteiger partial charge < -0.3 is 14.4 Å². The maximum atomic E-state index is 4.33. The highest BCUT2D eigenvalue weighted by atomic mass is 15.1. The number of hydrogen-bond donors (Lipinski definition) is 0. The summed E-state index contributed by atoms with van der Waals surface area (Å²) in [5.41, 5.74) is 18.4. The molecule has 11 aromatic rings. The van der Waals surface area contributed by atoms with Crippen LogP contribution in [0.15, 0.2) is 225 Å². The monoisotopic (exact) mass is 837 g/mol. The van der Waals surface area contributed by atoms with Gasteiger partial charge in [0.15, 0.2) is 0 Å². The third-order valence-corrected chi connectivity index (χ3v) is 12.1. The molecular formula is C58H43N7. The second kappa shape index (κ2) is 16.9. The van der Waals surface area contributed by atoms with Gasteiger partial charge in [0.1, 0.15) is 12.7 Å². The molecule has 65 heavy (non-hydrogen) atoms. The number of aromatic nitrogens is 5. The van der Waals surface area contributed by atoms with Gasteiger partial charge >= 0.3 is 0 Å². The summed E-state index contributed by atoms with van der Waals surface area (Å²) in [6.07, 6.45) is 10.5. The van der Waals surface area contributed by atoms with E-state index in [0.717, 1.165) is 106 Å². The average molecular weight is 838 g/mol. The highest BCUT2D eigenvalue weighted by Crippen LogP contribution is 2.44. The molecule has 0 saturated heterocycles. The number of anilines is 6. The first-order valence-electron chi connectivity index (χ1n) is 21.7. The van der Waals surface area contributed by atoms with Crippen LogP contribution >= 0.6 is 0 Å². The van der Waals surface area contributed by atoms with Crippen LogP contribution in [0.25, 0.3) is 60.9 Å². The minimum absolute atomic E-state index is 0.942. The van der Waals surface area contributed by atoms with Crippen LogP contribution in [-0.2, 0) is 0 Å². The van der Waals surface area contributed by atoms with Gasteiger partial charge in [0, 0.05) is 80.8 Å². The Morgan fingerprint density at radius 1 is 0.323 bits per heavy atom. The summed E-state index contributed by atoms with van der Waals surface area (Å²) >= 11 is 0. The second-order valence-electron chi connectivity index (χ2n) is 16.3. The van der Waals surface area contributed by atoms with Gasteiger partial charge in [-0.3, -0.25) is 0 Å². The topological polar surface area (TPSA) is 63.0 Å². The molecule has 0 aliphatic carbocycles. The Hall–Kier alpha value is -8.68. The van der Waals surface area contributed by atoms with E-state index in [1.54, 1.807) is 12.7 Å². The predicted molar refractivity (Wildman–Crippen MR) is 267 cm³/mol. The zero-order chi connectivity index (χ0) is 43.7. The average Bonchev–Trinajstić information content (AvgIpc) is 3.68. The van der Waals surface area contributed by atoms with Crippen LogP contribution in [-0.4, -0.2) is 24.5 Å². The molecule has 0 radical (unpaired) electrons. The molecule has 0 saturated carbocycles. The molecule has 7 nitrogen and oxygen atoms in total. The van der Waals surface area contributed by atoms with E-state index in [1.165, 1.54) is 0 Å². The van der Waals surface area contributed by atoms with Crippen molar-refractivity contribution in [2.75, 3.05) is 9.80 Å². The van der Waals surface area contributed by atoms with Crippen LogP contribution < -0.4 is 9.80 Å². The van der Waals surface area contributed by atoms with Crippen molar-refractivity contribution in [1.29, 1.82) is 0 Å². The van der Waals surface area contributed by atoms with E-state index in [2.05, 4.69) is 236 Å². The molecule has 11 rings (SSSR count). The number of fused-ring (bicyclic) bond motifs is 3. The molecule has 0 aliphatic heterocycles. The Kier molecular flexibility index (Phi) is 10.2. The molecule has 7 heteroatoms. The first-order chi connectivity index (χ1) is 32.1. The lowest BCUT2D eigenvalue weighted by Crippen LogP contribution is -2.09. The minimum Gasteiger partial charge on any atom is -0.310 e. The Balaban J connectivity index is 1.12. The van der Waals surface area contributed by atoms with Crippen molar-refractivity contribution >= 4 is 55.9 Å². The number of rotatable bonds is 10. The van der Waals surface area contributed by atoms with Gasteiger partial charge in [-0.2, -0.15) is 0 Å². The van der Waals surface area contributed by atoms with E-state index >= 15 is 0 Å². The number of hydrogen-bond acceptors (Lipinski definition) is 6. The lowest BCUT2D eigenvalue weighted by atomic mass is 9.93. The van der Waals surface area contributed by atoms with Gasteiger partial charge in [-0.1, -0.05) is 72.8 Å². The second-order valence-corrected chi connectivity index (χ2v) is 16.3. The summed E-state index contributed by atoms with van der Waals surface area (Å²) in [6.45, 7) is 4.46. The van der Waals surface area contributed by atoms with Crippen LogP contribution in [0.1, 0.15) is 11.1 Å². The van der Waals surface area contributed by atoms with Crippen molar-refractivity contribution in [3.05, 3.63) is 237 Å². The molecule has 3 aromatic heterocycles. The van der Waals surface area contributed by atoms with Crippen LogP contribution in [0.4, 0.5) is 34.1 Å². The standard InChI is InChI=1S/C58H43N7/c1-40-27-42(43-29-44(46-34-59-38-60-35-46)31-45(30-43)47-36-61-39-62-37-47)28-41(2)58(40)65-56-25-23-52(63(48-15-7-3-8-16-48)49-17-9-4-10-18-49)32-54(56)55-33-53(24-26-57(55)65)64(50-19-11-5-12-20-50)51-21-13-6-14-22-51/h3-39H,1-2H3. The van der Waals surface area contributed by atoms with Crippen LogP contribution in [0.5, 0.6) is 0 Å². The summed E-state index contributed by atoms with van der Waals surface area (Å²) in [4.78, 5) is 22.0. The van der Waals surface area contributed by atoms with Crippen LogP contribution in [0, 0.1) is 13.8 Å². The van der Waals surface area contributed by atoms with Crippen LogP contribution in [0.3, 0.4) is 0 Å². The molecule has 0 fully saturated rings. The maximum absolute atomic E-state index is 4.33. The van der Waals surface area contributed by atoms with E-state index in [0.29, 0.717) is 0 Å². The largest absolute Gasteiger partial charge is 0.310 e. The minimum atomic E-state index is 0.942. The Morgan fingerprint density at radius 2 is 0.646 bits per heavy atom. The molecular weight excluding hydrogens is 795 g/mol. The van der Waals surface area contributed by atoms with E-state index in [1.807, 2.05) is 24.8 Å². The molecule has 8 aromatic carbocycles. The molecule has 0 unspecified atom stereocenters. The number of benzene rings is 8. The molecule has 0 spiro atoms. The SMILES string of the molecule is Cc1cc(-c2cc(-c3cncnc3)cc(-c3cncnc3)c2)cc(C)c1-n1c2ccc(N(c3ccccc3)c3ccccc3)cc2c2cc(N(c3ccccc3)c3ccccc3)ccc21. The van der Waals surface area contributed by atoms with E-state index in [4.69, 9.17) is 0 Å². The molecule has 0 bridgehead atoms. The van der Waals surface area contributed by atoms with Crippen molar-refractivity contribution in [3.8, 4) is 39.1 Å². The fourth-order valence-corrected chi connectivity index (χ4v) is 9.22. The predicted octanol–water partition coefficient (Wildman–Crippen LogP) is 14.9. The number of aryl methyl sites for hydroxylation is 2. The van der Waals surface area contributed by atoms with Gasteiger partial charge in [0.25, 0.3) is 0 Å². The summed E-state index contributed by atoms with van der Waals surface area (Å²) < 4.78 is 2.46. The third kappa shape index (κ3) is 7.45. The first kappa shape index (κ1) is 39.2. The van der Waals surface area contributed by atoms with Crippen molar-refractivity contribution in [2.24, 2.45) is 0 Å². The Labute approximate surface area is 378 Å². The fraction of sp³-hybridized carbons (Fsp3) is 0.0345. The van der Waals surface area contributed by atoms with Gasteiger partial charge in [-0.05, 0) is 162 Å². The lowest BCUT2D eigenvalue weighted by Gasteiger charge is -2.26. The number of para-hydroxylation sites is 4. The van der Waals surface area contributed by atoms with Gasteiger partial charge in [0.2, 0.25) is 0 Å². The van der Waals surface area contributed by atoms with Gasteiger partial charge in [-0.15, -0.1) is 0 Å². The van der Waals surface area contributed by atoms with E-state index < -0.39 is 0 Å². The van der Waals surface area contributed by atoms with Gasteiger partial charge in [0.05, 0.1) is 16.7 Å². The lowest BCUT2D eigenvalue weighted by molar-refractivity contribution is 1.12. The highest BCUT2D eigenvalue weighted by molar-refractivity contribution is 6.12. The van der Waals surface area contributed by atoms with Crippen molar-refractivity contribution in [2.45, 2.75) is 13.8 Å². The summed E-state index contributed by atoms with van der Waals surface area (Å²) in [5.74, 6) is 0. The molecule has 3 heterocycles. The number of nitrogens with zero attached hydrogens (tertiary/aromatic N) is 7. The van der Waals surface area contributed by atoms with Crippen molar-refractivity contribution in [3.63, 3.8) is 0 Å². The fourth-order valence-electron chi connectivity index (χ4n) is 9.22. The summed E-state index contributed by atoms with van der Waals surface area (Å²) in [5, 5.41) is 2.32. The van der Waals surface area contributed by atoms with Crippen molar-refractivity contribution in [1.82, 2.24) is 24.5 Å². The van der Waals surface area contributed by atoms with Crippen molar-refractivity contribution < 1.29 is 0 Å². The quantitative estimate of drug-likeness (QED) is 0.137. The smallest absolute Gasteiger partial charge is 0.115 e. The highest BCUT2D eigenvalue weighted by Gasteiger charge is 2.22. The summed E-state index contributed by atoms with van der Waals surface area (Å²) in [6, 6.07) is 67.5. The van der Waals surface area contributed by atoms with Gasteiger partial charge in [-0.25, -0.2) is 19.9 Å². The summed E-state index contributed by atoms with van der Waals surface area (Å²) in [7, 11) is 0. The molecule has 310 valence electrons. The molecule has 0 amide bonds.